The fraction of sp³-hybridized carbons (Fsp3) is 0.312. The molecule has 0 amide bonds. The largest absolute Gasteiger partial charge is 0.478 e. The number of hydrogen-bond acceptors (Lipinski definition) is 7. The first kappa shape index (κ1) is 21.4. The van der Waals surface area contributed by atoms with Gasteiger partial charge in [0.1, 0.15) is 0 Å². The van der Waals surface area contributed by atoms with E-state index in [-0.39, 0.29) is 29.9 Å². The lowest BCUT2D eigenvalue weighted by Gasteiger charge is -2.05. The molecule has 0 fully saturated rings. The molecule has 0 spiro atoms. The van der Waals surface area contributed by atoms with Crippen molar-refractivity contribution in [2.24, 2.45) is 0 Å². The predicted molar refractivity (Wildman–Crippen MR) is 83.6 cm³/mol. The Kier molecular flexibility index (Phi) is 10.7. The van der Waals surface area contributed by atoms with Gasteiger partial charge in [0.25, 0.3) is 0 Å². The lowest BCUT2D eigenvalue weighted by molar-refractivity contribution is -0.133. The van der Waals surface area contributed by atoms with Gasteiger partial charge >= 0.3 is 17.9 Å². The van der Waals surface area contributed by atoms with Gasteiger partial charge in [-0.3, -0.25) is 0 Å². The summed E-state index contributed by atoms with van der Waals surface area (Å²) >= 11 is 0. The fourth-order valence-corrected chi connectivity index (χ4v) is 1.31. The monoisotopic (exact) mass is 340 g/mol. The lowest BCUT2D eigenvalue weighted by Crippen LogP contribution is -2.16. The van der Waals surface area contributed by atoms with E-state index in [9.17, 15) is 14.4 Å². The predicted octanol–water partition coefficient (Wildman–Crippen LogP) is 0.632. The van der Waals surface area contributed by atoms with Crippen LogP contribution in [-0.2, 0) is 14.3 Å². The van der Waals surface area contributed by atoms with Crippen molar-refractivity contribution in [2.75, 3.05) is 26.4 Å². The van der Waals surface area contributed by atoms with Gasteiger partial charge in [0, 0.05) is 5.57 Å². The van der Waals surface area contributed by atoms with Gasteiger partial charge in [0.15, 0.2) is 0 Å². The highest BCUT2D eigenvalue weighted by Crippen LogP contribution is 2.11. The number of aromatic carboxylic acids is 1. The minimum Gasteiger partial charge on any atom is -0.478 e. The summed E-state index contributed by atoms with van der Waals surface area (Å²) < 4.78 is 9.08. The van der Waals surface area contributed by atoms with Crippen LogP contribution in [0.1, 0.15) is 27.6 Å². The molecule has 1 aromatic carbocycles. The van der Waals surface area contributed by atoms with Crippen LogP contribution in [-0.4, -0.2) is 59.7 Å². The quantitative estimate of drug-likeness (QED) is 0.285. The molecule has 0 bridgehead atoms. The summed E-state index contributed by atoms with van der Waals surface area (Å²) in [5.74, 6) is -3.15. The molecule has 0 aromatic heterocycles. The van der Waals surface area contributed by atoms with Crippen molar-refractivity contribution in [1.29, 1.82) is 0 Å². The van der Waals surface area contributed by atoms with Crippen LogP contribution in [0.2, 0.25) is 0 Å². The van der Waals surface area contributed by atoms with Crippen LogP contribution in [0, 0.1) is 0 Å². The second kappa shape index (κ2) is 11.9. The van der Waals surface area contributed by atoms with Crippen LogP contribution in [0.3, 0.4) is 0 Å². The maximum atomic E-state index is 11.5. The van der Waals surface area contributed by atoms with Crippen LogP contribution in [0.5, 0.6) is 0 Å². The van der Waals surface area contributed by atoms with Gasteiger partial charge in [-0.2, -0.15) is 0 Å². The first-order valence-electron chi connectivity index (χ1n) is 6.88. The number of aliphatic hydroxyl groups excluding tert-OH is 2. The number of aliphatic hydroxyl groups is 2. The molecule has 0 saturated heterocycles. The molecule has 0 heterocycles. The molecule has 24 heavy (non-hydrogen) atoms. The van der Waals surface area contributed by atoms with E-state index in [4.69, 9.17) is 15.3 Å². The number of hydrogen-bond donors (Lipinski definition) is 3. The molecule has 8 heteroatoms. The minimum absolute atomic E-state index is 0.0278. The van der Waals surface area contributed by atoms with Gasteiger partial charge in [-0.1, -0.05) is 18.7 Å². The average Bonchev–Trinajstić information content (AvgIpc) is 2.55. The number of ether oxygens (including phenoxy) is 2. The summed E-state index contributed by atoms with van der Waals surface area (Å²) in [5, 5.41) is 25.0. The van der Waals surface area contributed by atoms with Crippen molar-refractivity contribution in [2.45, 2.75) is 6.92 Å². The van der Waals surface area contributed by atoms with Crippen molar-refractivity contribution >= 4 is 17.9 Å². The van der Waals surface area contributed by atoms with Crippen LogP contribution >= 0.6 is 0 Å². The van der Waals surface area contributed by atoms with Crippen LogP contribution in [0.4, 0.5) is 0 Å². The lowest BCUT2D eigenvalue weighted by atomic mass is 10.1. The third kappa shape index (κ3) is 8.18. The van der Waals surface area contributed by atoms with E-state index in [1.807, 2.05) is 0 Å². The summed E-state index contributed by atoms with van der Waals surface area (Å²) in [6.07, 6.45) is 0. The number of esters is 2. The third-order valence-electron chi connectivity index (χ3n) is 2.38. The highest BCUT2D eigenvalue weighted by Gasteiger charge is 2.19. The standard InChI is InChI=1S/C12H10O5.C4H10O3/c1-7(2)11(15)17-12(16)9-6-4-3-5-8(9)10(13)14;5-1-3-7-4-2-6/h3-6H,1H2,2H3,(H,13,14);5-6H,1-4H2. The second-order valence-corrected chi connectivity index (χ2v) is 4.37. The molecule has 1 aromatic rings. The van der Waals surface area contributed by atoms with Gasteiger partial charge in [-0.15, -0.1) is 0 Å². The van der Waals surface area contributed by atoms with E-state index in [1.165, 1.54) is 31.2 Å². The van der Waals surface area contributed by atoms with Crippen LogP contribution in [0.25, 0.3) is 0 Å². The van der Waals surface area contributed by atoms with Crippen molar-refractivity contribution in [3.8, 4) is 0 Å². The Morgan fingerprint density at radius 1 is 1.04 bits per heavy atom. The molecule has 1 rings (SSSR count). The molecular formula is C16H20O8. The first-order valence-corrected chi connectivity index (χ1v) is 6.88. The molecule has 0 unspecified atom stereocenters. The molecule has 0 aliphatic heterocycles. The number of carboxylic acid groups (broad SMARTS) is 1. The summed E-state index contributed by atoms with van der Waals surface area (Å²) in [6, 6.07) is 5.48. The van der Waals surface area contributed by atoms with E-state index in [0.717, 1.165) is 0 Å². The number of carbonyl (C=O) groups excluding carboxylic acids is 2. The van der Waals surface area contributed by atoms with Gasteiger partial charge in [-0.25, -0.2) is 14.4 Å². The molecule has 0 saturated carbocycles. The van der Waals surface area contributed by atoms with Crippen LogP contribution in [0.15, 0.2) is 36.4 Å². The normalized spacial score (nSPS) is 9.46. The fourth-order valence-electron chi connectivity index (χ4n) is 1.31. The van der Waals surface area contributed by atoms with Gasteiger partial charge in [0.2, 0.25) is 0 Å². The number of benzene rings is 1. The topological polar surface area (TPSA) is 130 Å². The van der Waals surface area contributed by atoms with Gasteiger partial charge < -0.3 is 24.8 Å². The zero-order valence-electron chi connectivity index (χ0n) is 13.2. The van der Waals surface area contributed by atoms with Crippen molar-refractivity contribution in [3.05, 3.63) is 47.5 Å². The van der Waals surface area contributed by atoms with Gasteiger partial charge in [-0.05, 0) is 19.1 Å². The van der Waals surface area contributed by atoms with E-state index in [2.05, 4.69) is 16.1 Å². The Balaban J connectivity index is 0.000000640. The Bertz CT molecular complexity index is 575. The smallest absolute Gasteiger partial charge is 0.346 e. The number of carboxylic acids is 1. The molecule has 0 aliphatic carbocycles. The summed E-state index contributed by atoms with van der Waals surface area (Å²) in [6.45, 7) is 5.40. The van der Waals surface area contributed by atoms with Crippen LogP contribution < -0.4 is 0 Å². The molecule has 0 aliphatic rings. The Morgan fingerprint density at radius 3 is 1.96 bits per heavy atom. The summed E-state index contributed by atoms with van der Waals surface area (Å²) in [7, 11) is 0. The van der Waals surface area contributed by atoms with E-state index < -0.39 is 17.9 Å². The highest BCUT2D eigenvalue weighted by molar-refractivity contribution is 6.07. The molecule has 132 valence electrons. The zero-order valence-corrected chi connectivity index (χ0v) is 13.2. The van der Waals surface area contributed by atoms with E-state index in [0.29, 0.717) is 13.2 Å². The maximum absolute atomic E-state index is 11.5. The minimum atomic E-state index is -1.26. The Morgan fingerprint density at radius 2 is 1.54 bits per heavy atom. The molecule has 8 nitrogen and oxygen atoms in total. The molecule has 3 N–H and O–H groups in total. The Labute approximate surface area is 138 Å². The second-order valence-electron chi connectivity index (χ2n) is 4.37. The highest BCUT2D eigenvalue weighted by atomic mass is 16.6. The average molecular weight is 340 g/mol. The number of carbonyl (C=O) groups is 3. The molecule has 0 radical (unpaired) electrons. The molecule has 0 atom stereocenters. The van der Waals surface area contributed by atoms with E-state index >= 15 is 0 Å². The third-order valence-corrected chi connectivity index (χ3v) is 2.38. The zero-order chi connectivity index (χ0) is 18.5. The first-order chi connectivity index (χ1) is 11.3. The summed E-state index contributed by atoms with van der Waals surface area (Å²) in [5.41, 5.74) is -0.326. The summed E-state index contributed by atoms with van der Waals surface area (Å²) in [4.78, 5) is 33.5. The Hall–Kier alpha value is -2.55. The SMILES string of the molecule is C=C(C)C(=O)OC(=O)c1ccccc1C(=O)O.OCCOCCO. The van der Waals surface area contributed by atoms with E-state index in [1.54, 1.807) is 0 Å². The van der Waals surface area contributed by atoms with Crippen molar-refractivity contribution < 1.29 is 39.2 Å². The van der Waals surface area contributed by atoms with Gasteiger partial charge in [0.05, 0.1) is 37.6 Å². The molecular weight excluding hydrogens is 320 g/mol. The maximum Gasteiger partial charge on any atom is 0.346 e. The van der Waals surface area contributed by atoms with Crippen molar-refractivity contribution in [1.82, 2.24) is 0 Å². The number of rotatable bonds is 7. The van der Waals surface area contributed by atoms with Crippen molar-refractivity contribution in [3.63, 3.8) is 0 Å².